The Balaban J connectivity index is 1.49. The van der Waals surface area contributed by atoms with Crippen LogP contribution in [0.15, 0.2) is 48.8 Å². The molecule has 6 rings (SSSR count). The molecule has 2 aliphatic heterocycles. The Morgan fingerprint density at radius 2 is 2.00 bits per heavy atom. The van der Waals surface area contributed by atoms with Crippen molar-refractivity contribution < 1.29 is 23.8 Å². The predicted molar refractivity (Wildman–Crippen MR) is 173 cm³/mol. The fourth-order valence-corrected chi connectivity index (χ4v) is 6.61. The number of piperazine rings is 1. The van der Waals surface area contributed by atoms with Crippen molar-refractivity contribution in [1.82, 2.24) is 24.8 Å². The third-order valence-corrected chi connectivity index (χ3v) is 8.98. The number of hydrogen-bond donors (Lipinski definition) is 1. The van der Waals surface area contributed by atoms with Gasteiger partial charge in [-0.25, -0.2) is 9.37 Å². The van der Waals surface area contributed by atoms with Crippen molar-refractivity contribution in [3.05, 3.63) is 53.8 Å². The molecule has 1 N–H and O–H groups in total. The molecule has 0 radical (unpaired) electrons. The molecule has 2 fully saturated rings. The van der Waals surface area contributed by atoms with Gasteiger partial charge in [-0.3, -0.25) is 4.79 Å². The minimum absolute atomic E-state index is 0.0118. The third-order valence-electron chi connectivity index (χ3n) is 8.67. The van der Waals surface area contributed by atoms with Crippen LogP contribution in [0.3, 0.4) is 0 Å². The molecule has 2 aromatic carbocycles. The van der Waals surface area contributed by atoms with Gasteiger partial charge < -0.3 is 29.3 Å². The largest absolute Gasteiger partial charge is 0.508 e. The highest BCUT2D eigenvalue weighted by molar-refractivity contribution is 6.36. The highest BCUT2D eigenvalue weighted by atomic mass is 35.5. The maximum atomic E-state index is 13.9. The van der Waals surface area contributed by atoms with E-state index in [1.54, 1.807) is 24.3 Å². The Morgan fingerprint density at radius 1 is 1.17 bits per heavy atom. The molecule has 46 heavy (non-hydrogen) atoms. The molecule has 0 aliphatic carbocycles. The van der Waals surface area contributed by atoms with E-state index >= 15 is 0 Å². The van der Waals surface area contributed by atoms with Crippen molar-refractivity contribution in [2.45, 2.75) is 31.3 Å². The van der Waals surface area contributed by atoms with Gasteiger partial charge in [-0.15, -0.1) is 0 Å². The summed E-state index contributed by atoms with van der Waals surface area (Å²) in [6.07, 6.45) is 2.06. The third kappa shape index (κ3) is 5.96. The SMILES string of the molecule is C=C(F)C(=O)N1CCN(c2nc(OCC3CCCN3C)nc3cc(-c4cc(O)cc5cccc(Cl)c45)c(OC)nc23)C[C@@H]1CC#N. The summed E-state index contributed by atoms with van der Waals surface area (Å²) < 4.78 is 25.8. The molecule has 1 amide bonds. The molecule has 2 aromatic heterocycles. The van der Waals surface area contributed by atoms with Crippen molar-refractivity contribution in [3.8, 4) is 34.8 Å². The van der Waals surface area contributed by atoms with Crippen LogP contribution in [0.4, 0.5) is 10.2 Å². The molecule has 4 heterocycles. The summed E-state index contributed by atoms with van der Waals surface area (Å²) in [6, 6.07) is 12.4. The van der Waals surface area contributed by atoms with E-state index in [1.165, 1.54) is 12.0 Å². The highest BCUT2D eigenvalue weighted by Gasteiger charge is 2.34. The van der Waals surface area contributed by atoms with Gasteiger partial charge in [0.25, 0.3) is 5.91 Å². The molecule has 0 spiro atoms. The number of hydrogen-bond acceptors (Lipinski definition) is 10. The van der Waals surface area contributed by atoms with Gasteiger partial charge in [-0.05, 0) is 56.1 Å². The highest BCUT2D eigenvalue weighted by Crippen LogP contribution is 2.42. The second-order valence-corrected chi connectivity index (χ2v) is 11.9. The molecule has 11 nitrogen and oxygen atoms in total. The second-order valence-electron chi connectivity index (χ2n) is 11.5. The normalized spacial score (nSPS) is 18.6. The van der Waals surface area contributed by atoms with Gasteiger partial charge in [0, 0.05) is 47.2 Å². The zero-order valence-electron chi connectivity index (χ0n) is 25.5. The van der Waals surface area contributed by atoms with Gasteiger partial charge in [-0.1, -0.05) is 30.3 Å². The number of rotatable bonds is 8. The minimum Gasteiger partial charge on any atom is -0.508 e. The zero-order chi connectivity index (χ0) is 32.5. The molecule has 13 heteroatoms. The van der Waals surface area contributed by atoms with Crippen molar-refractivity contribution >= 4 is 45.1 Å². The molecule has 2 aliphatic rings. The lowest BCUT2D eigenvalue weighted by Gasteiger charge is -2.41. The molecule has 4 aromatic rings. The smallest absolute Gasteiger partial charge is 0.319 e. The Morgan fingerprint density at radius 3 is 2.72 bits per heavy atom. The van der Waals surface area contributed by atoms with Gasteiger partial charge in [0.1, 0.15) is 17.9 Å². The number of pyridine rings is 1. The van der Waals surface area contributed by atoms with E-state index in [4.69, 9.17) is 36.0 Å². The van der Waals surface area contributed by atoms with Gasteiger partial charge >= 0.3 is 6.01 Å². The lowest BCUT2D eigenvalue weighted by atomic mass is 9.98. The van der Waals surface area contributed by atoms with Crippen molar-refractivity contribution in [1.29, 1.82) is 5.26 Å². The summed E-state index contributed by atoms with van der Waals surface area (Å²) >= 11 is 6.66. The van der Waals surface area contributed by atoms with Crippen LogP contribution in [0.1, 0.15) is 19.3 Å². The number of aromatic nitrogens is 3. The first kappa shape index (κ1) is 31.3. The Bertz CT molecular complexity index is 1880. The number of nitriles is 1. The lowest BCUT2D eigenvalue weighted by Crippen LogP contribution is -2.55. The Hall–Kier alpha value is -4.73. The Labute approximate surface area is 270 Å². The molecule has 2 saturated heterocycles. The number of ether oxygens (including phenoxy) is 2. The number of anilines is 1. The maximum absolute atomic E-state index is 13.9. The van der Waals surface area contributed by atoms with Crippen LogP contribution in [0.2, 0.25) is 5.02 Å². The fourth-order valence-electron chi connectivity index (χ4n) is 6.33. The number of likely N-dealkylation sites (tertiary alicyclic amines) is 1. The second kappa shape index (κ2) is 12.9. The van der Waals surface area contributed by atoms with E-state index in [1.807, 2.05) is 17.0 Å². The van der Waals surface area contributed by atoms with Crippen LogP contribution in [0.25, 0.3) is 32.9 Å². The number of aromatic hydroxyl groups is 1. The molecule has 238 valence electrons. The van der Waals surface area contributed by atoms with E-state index in [2.05, 4.69) is 24.6 Å². The number of benzene rings is 2. The topological polar surface area (TPSA) is 128 Å². The maximum Gasteiger partial charge on any atom is 0.319 e. The first-order valence-corrected chi connectivity index (χ1v) is 15.3. The van der Waals surface area contributed by atoms with E-state index in [-0.39, 0.29) is 49.7 Å². The molecule has 1 unspecified atom stereocenters. The van der Waals surface area contributed by atoms with Crippen molar-refractivity contribution in [3.63, 3.8) is 0 Å². The van der Waals surface area contributed by atoms with Crippen LogP contribution in [-0.4, -0.2) is 94.8 Å². The van der Waals surface area contributed by atoms with Gasteiger partial charge in [0.05, 0.1) is 31.2 Å². The average molecular weight is 646 g/mol. The number of phenols is 1. The van der Waals surface area contributed by atoms with E-state index in [0.717, 1.165) is 24.8 Å². The summed E-state index contributed by atoms with van der Waals surface area (Å²) in [5.74, 6) is -1.18. The van der Waals surface area contributed by atoms with Gasteiger partial charge in [0.2, 0.25) is 5.88 Å². The van der Waals surface area contributed by atoms with Crippen molar-refractivity contribution in [2.24, 2.45) is 0 Å². The molecule has 0 bridgehead atoms. The van der Waals surface area contributed by atoms with Gasteiger partial charge in [0.15, 0.2) is 11.6 Å². The summed E-state index contributed by atoms with van der Waals surface area (Å²) in [7, 11) is 3.56. The number of fused-ring (bicyclic) bond motifs is 2. The van der Waals surface area contributed by atoms with Crippen LogP contribution < -0.4 is 14.4 Å². The minimum atomic E-state index is -1.07. The number of likely N-dealkylation sites (N-methyl/N-ethyl adjacent to an activating group) is 1. The summed E-state index contributed by atoms with van der Waals surface area (Å²) in [5.41, 5.74) is 2.02. The first-order chi connectivity index (χ1) is 22.2. The summed E-state index contributed by atoms with van der Waals surface area (Å²) in [6.45, 7) is 5.16. The van der Waals surface area contributed by atoms with E-state index < -0.39 is 17.8 Å². The molecular weight excluding hydrogens is 613 g/mol. The number of amides is 1. The Kier molecular flexibility index (Phi) is 8.80. The van der Waals surface area contributed by atoms with Crippen LogP contribution in [0.5, 0.6) is 17.6 Å². The zero-order valence-corrected chi connectivity index (χ0v) is 26.3. The van der Waals surface area contributed by atoms with Crippen LogP contribution in [0, 0.1) is 11.3 Å². The number of halogens is 2. The predicted octanol–water partition coefficient (Wildman–Crippen LogP) is 5.10. The first-order valence-electron chi connectivity index (χ1n) is 15.0. The number of phenolic OH excluding ortho intramolecular Hbond substituents is 1. The standard InChI is InChI=1S/C33H33ClFN7O4/c1-19(35)32(44)42-13-12-41(17-21(42)9-10-36)30-29-27(37-33(39-30)46-18-22-7-5-11-40(22)2)16-25(31(38-29)45-3)24-15-23(43)14-20-6-4-8-26(34)28(20)24/h4,6,8,14-16,21-22,43H,1,5,7,9,11-13,17-18H2,2-3H3/t21-,22?/m0/s1. The summed E-state index contributed by atoms with van der Waals surface area (Å²) in [4.78, 5) is 32.4. The number of methoxy groups -OCH3 is 1. The number of nitrogens with zero attached hydrogens (tertiary/aromatic N) is 7. The molecule has 0 saturated carbocycles. The lowest BCUT2D eigenvalue weighted by molar-refractivity contribution is -0.131. The van der Waals surface area contributed by atoms with E-state index in [0.29, 0.717) is 45.0 Å². The summed E-state index contributed by atoms with van der Waals surface area (Å²) in [5, 5.41) is 22.1. The van der Waals surface area contributed by atoms with Crippen LogP contribution >= 0.6 is 11.6 Å². The quantitative estimate of drug-likeness (QED) is 0.259. The average Bonchev–Trinajstić information content (AvgIpc) is 3.46. The molecule has 2 atom stereocenters. The fraction of sp³-hybridized carbons (Fsp3) is 0.364. The number of carbonyl (C=O) groups excluding carboxylic acids is 1. The van der Waals surface area contributed by atoms with Crippen LogP contribution in [-0.2, 0) is 4.79 Å². The molecular formula is C33H33ClFN7O4. The van der Waals surface area contributed by atoms with Crippen molar-refractivity contribution in [2.75, 3.05) is 51.8 Å². The van der Waals surface area contributed by atoms with E-state index in [9.17, 15) is 19.6 Å². The van der Waals surface area contributed by atoms with Gasteiger partial charge in [-0.2, -0.15) is 15.2 Å². The monoisotopic (exact) mass is 645 g/mol. The number of carbonyl (C=O) groups is 1.